The van der Waals surface area contributed by atoms with E-state index in [1.54, 1.807) is 36.8 Å². The molecule has 0 unspecified atom stereocenters. The molecule has 5 amide bonds. The summed E-state index contributed by atoms with van der Waals surface area (Å²) < 4.78 is 0. The van der Waals surface area contributed by atoms with Crippen LogP contribution in [0.25, 0.3) is 11.3 Å². The molecule has 1 aliphatic rings. The van der Waals surface area contributed by atoms with Crippen LogP contribution < -0.4 is 16.0 Å². The van der Waals surface area contributed by atoms with E-state index in [-0.39, 0.29) is 24.8 Å². The topological polar surface area (TPSA) is 177 Å². The predicted octanol–water partition coefficient (Wildman–Crippen LogP) is 6.36. The summed E-state index contributed by atoms with van der Waals surface area (Å²) >= 11 is 1.53. The number of nitrogens with one attached hydrogen (secondary N) is 3. The molecule has 1 fully saturated rings. The summed E-state index contributed by atoms with van der Waals surface area (Å²) in [4.78, 5) is 66.5. The number of nitrogens with zero attached hydrogens (tertiary/aromatic N) is 4. The molecule has 0 spiro atoms. The van der Waals surface area contributed by atoms with Crippen LogP contribution in [0.3, 0.4) is 0 Å². The fourth-order valence-electron chi connectivity index (χ4n) is 7.55. The molecule has 0 radical (unpaired) electrons. The van der Waals surface area contributed by atoms with Gasteiger partial charge in [0.15, 0.2) is 0 Å². The molecule has 0 aliphatic carbocycles. The van der Waals surface area contributed by atoms with Crippen molar-refractivity contribution in [3.8, 4) is 11.3 Å². The zero-order valence-corrected chi connectivity index (χ0v) is 36.2. The highest BCUT2D eigenvalue weighted by molar-refractivity contribution is 7.09. The summed E-state index contributed by atoms with van der Waals surface area (Å²) in [5.41, 5.74) is 3.91. The first-order valence-corrected chi connectivity index (χ1v) is 21.0. The molecule has 1 saturated heterocycles. The first-order chi connectivity index (χ1) is 27.8. The summed E-state index contributed by atoms with van der Waals surface area (Å²) in [5.74, 6) is -0.921. The molecule has 2 aromatic heterocycles. The largest absolute Gasteiger partial charge is 0.465 e. The molecular weight excluding hydrogens is 767 g/mol. The van der Waals surface area contributed by atoms with Crippen LogP contribution in [0.5, 0.6) is 0 Å². The second-order valence-electron chi connectivity index (χ2n) is 17.7. The number of carbonyl (C=O) groups is 4. The van der Waals surface area contributed by atoms with Gasteiger partial charge in [-0.3, -0.25) is 14.6 Å². The smallest absolute Gasteiger partial charge is 0.405 e. The third kappa shape index (κ3) is 12.3. The molecule has 0 saturated carbocycles. The van der Waals surface area contributed by atoms with Gasteiger partial charge in [-0.1, -0.05) is 102 Å². The van der Waals surface area contributed by atoms with Crippen LogP contribution in [0.15, 0.2) is 78.3 Å². The van der Waals surface area contributed by atoms with E-state index >= 15 is 0 Å². The summed E-state index contributed by atoms with van der Waals surface area (Å²) in [5, 5.41) is 33.2. The number of amides is 5. The summed E-state index contributed by atoms with van der Waals surface area (Å²) in [6.07, 6.45) is -0.0909. The van der Waals surface area contributed by atoms with Crippen LogP contribution >= 0.6 is 11.3 Å². The zero-order chi connectivity index (χ0) is 43.1. The third-order valence-corrected chi connectivity index (χ3v) is 11.4. The van der Waals surface area contributed by atoms with Gasteiger partial charge in [-0.15, -0.1) is 11.3 Å². The van der Waals surface area contributed by atoms with E-state index < -0.39 is 53.1 Å². The van der Waals surface area contributed by atoms with Crippen LogP contribution in [0.2, 0.25) is 0 Å². The van der Waals surface area contributed by atoms with Crippen molar-refractivity contribution in [2.24, 2.45) is 10.8 Å². The minimum atomic E-state index is -1.34. The number of aliphatic hydroxyl groups is 1. The molecular formula is C45H59N7O6S. The Hall–Kier alpha value is -5.34. The summed E-state index contributed by atoms with van der Waals surface area (Å²) in [6.45, 7) is 16.2. The number of benzene rings is 2. The number of aliphatic hydroxyl groups excluding tert-OH is 1. The van der Waals surface area contributed by atoms with E-state index in [2.05, 4.69) is 25.9 Å². The lowest BCUT2D eigenvalue weighted by Crippen LogP contribution is -2.59. The summed E-state index contributed by atoms with van der Waals surface area (Å²) in [7, 11) is 0. The quantitative estimate of drug-likeness (QED) is 0.0867. The maximum absolute atomic E-state index is 14.5. The lowest BCUT2D eigenvalue weighted by Gasteiger charge is -2.38. The number of carboxylic acid groups (broad SMARTS) is 1. The van der Waals surface area contributed by atoms with Gasteiger partial charge >= 0.3 is 12.1 Å². The van der Waals surface area contributed by atoms with Crippen molar-refractivity contribution < 1.29 is 29.4 Å². The molecule has 13 nitrogen and oxygen atoms in total. The Labute approximate surface area is 351 Å². The van der Waals surface area contributed by atoms with E-state index in [4.69, 9.17) is 0 Å². The number of aromatic nitrogens is 2. The number of carbonyl (C=O) groups excluding carboxylic acids is 3. The minimum absolute atomic E-state index is 0.0452. The molecule has 0 bridgehead atoms. The number of rotatable bonds is 16. The molecule has 14 heteroatoms. The van der Waals surface area contributed by atoms with Gasteiger partial charge < -0.3 is 36.0 Å². The van der Waals surface area contributed by atoms with E-state index in [1.165, 1.54) is 11.3 Å². The minimum Gasteiger partial charge on any atom is -0.465 e. The maximum atomic E-state index is 14.5. The van der Waals surface area contributed by atoms with Gasteiger partial charge in [0.1, 0.15) is 12.1 Å². The monoisotopic (exact) mass is 825 g/mol. The number of thiazole rings is 1. The van der Waals surface area contributed by atoms with Crippen LogP contribution in [0, 0.1) is 24.7 Å². The van der Waals surface area contributed by atoms with Gasteiger partial charge in [-0.25, -0.2) is 14.6 Å². The Morgan fingerprint density at radius 2 is 1.51 bits per heavy atom. The highest BCUT2D eigenvalue weighted by atomic mass is 32.1. The van der Waals surface area contributed by atoms with Gasteiger partial charge in [0.05, 0.1) is 35.1 Å². The van der Waals surface area contributed by atoms with Crippen molar-refractivity contribution in [1.82, 2.24) is 35.7 Å². The number of hydrogen-bond acceptors (Lipinski definition) is 8. The van der Waals surface area contributed by atoms with Gasteiger partial charge in [-0.2, -0.15) is 0 Å². The Morgan fingerprint density at radius 1 is 0.831 bits per heavy atom. The standard InChI is InChI=1S/C45H59N7O6S/c1-28-14-19-35(46-25-28)32-17-15-31(16-18-32)23-36(49-40(54)38(44(3,4)5)50-42(56)57)37(53)24-33(22-30-12-10-9-11-13-30)48-41(55)39(45(6,7)8)52-21-20-51(43(52)58)26-34-27-59-29(2)47-34/h9-19,25,27,33,36-39,50,53H,20-24,26H2,1-8H3,(H,48,55)(H,49,54)(H,56,57)/t33-,36-,37-,38+,39+/m0/s1. The SMILES string of the molecule is Cc1ccc(-c2ccc(C[C@H](NC(=O)[C@@H](NC(=O)O)C(C)(C)C)[C@@H](O)C[C@H](Cc3ccccc3)NC(=O)[C@@H](N3CCN(Cc4csc(C)n4)C3=O)C(C)(C)C)cc2)nc1. The number of hydrogen-bond donors (Lipinski definition) is 5. The average molecular weight is 826 g/mol. The number of urea groups is 1. The summed E-state index contributed by atoms with van der Waals surface area (Å²) in [6, 6.07) is 17.6. The maximum Gasteiger partial charge on any atom is 0.405 e. The van der Waals surface area contributed by atoms with Gasteiger partial charge in [0.2, 0.25) is 11.8 Å². The fourth-order valence-corrected chi connectivity index (χ4v) is 8.15. The highest BCUT2D eigenvalue weighted by Gasteiger charge is 2.44. The van der Waals surface area contributed by atoms with Crippen LogP contribution in [-0.2, 0) is 29.0 Å². The first-order valence-electron chi connectivity index (χ1n) is 20.1. The van der Waals surface area contributed by atoms with E-state index in [0.29, 0.717) is 26.1 Å². The predicted molar refractivity (Wildman–Crippen MR) is 230 cm³/mol. The normalized spacial score (nSPS) is 15.9. The molecule has 5 rings (SSSR count). The lowest BCUT2D eigenvalue weighted by molar-refractivity contribution is -0.130. The fraction of sp³-hybridized carbons (Fsp3) is 0.467. The van der Waals surface area contributed by atoms with E-state index in [0.717, 1.165) is 38.6 Å². The Morgan fingerprint density at radius 3 is 2.08 bits per heavy atom. The average Bonchev–Trinajstić information content (AvgIpc) is 3.73. The van der Waals surface area contributed by atoms with Crippen molar-refractivity contribution in [3.05, 3.63) is 106 Å². The van der Waals surface area contributed by atoms with Crippen molar-refractivity contribution in [3.63, 3.8) is 0 Å². The van der Waals surface area contributed by atoms with Gasteiger partial charge in [-0.05, 0) is 66.7 Å². The first kappa shape index (κ1) is 44.8. The molecule has 2 aromatic carbocycles. The molecule has 59 heavy (non-hydrogen) atoms. The lowest BCUT2D eigenvalue weighted by atomic mass is 9.84. The molecule has 316 valence electrons. The Balaban J connectivity index is 1.41. The third-order valence-electron chi connectivity index (χ3n) is 10.5. The van der Waals surface area contributed by atoms with Crippen molar-refractivity contribution in [1.29, 1.82) is 0 Å². The molecule has 5 atom stereocenters. The molecule has 5 N–H and O–H groups in total. The Kier molecular flexibility index (Phi) is 14.5. The Bertz CT molecular complexity index is 2040. The van der Waals surface area contributed by atoms with Gasteiger partial charge in [0, 0.05) is 36.3 Å². The van der Waals surface area contributed by atoms with Crippen LogP contribution in [0.4, 0.5) is 9.59 Å². The van der Waals surface area contributed by atoms with Gasteiger partial charge in [0.25, 0.3) is 0 Å². The van der Waals surface area contributed by atoms with Crippen LogP contribution in [-0.4, -0.2) is 97.3 Å². The number of pyridine rings is 1. The molecule has 4 aromatic rings. The molecule has 3 heterocycles. The van der Waals surface area contributed by atoms with E-state index in [1.807, 2.05) is 107 Å². The number of aryl methyl sites for hydroxylation is 2. The highest BCUT2D eigenvalue weighted by Crippen LogP contribution is 2.30. The van der Waals surface area contributed by atoms with E-state index in [9.17, 15) is 29.4 Å². The van der Waals surface area contributed by atoms with Crippen molar-refractivity contribution >= 4 is 35.3 Å². The zero-order valence-electron chi connectivity index (χ0n) is 35.4. The van der Waals surface area contributed by atoms with Crippen molar-refractivity contribution in [2.45, 2.75) is 111 Å². The molecule has 1 aliphatic heterocycles. The second-order valence-corrected chi connectivity index (χ2v) is 18.8. The van der Waals surface area contributed by atoms with Crippen LogP contribution in [0.1, 0.15) is 75.4 Å². The second kappa shape index (κ2) is 19.2. The van der Waals surface area contributed by atoms with Crippen molar-refractivity contribution in [2.75, 3.05) is 13.1 Å².